The van der Waals surface area contributed by atoms with Gasteiger partial charge in [-0.15, -0.1) is 0 Å². The van der Waals surface area contributed by atoms with Crippen molar-refractivity contribution in [1.82, 2.24) is 14.8 Å². The predicted molar refractivity (Wildman–Crippen MR) is 121 cm³/mol. The average molecular weight is 443 g/mol. The van der Waals surface area contributed by atoms with E-state index in [0.717, 1.165) is 10.2 Å². The summed E-state index contributed by atoms with van der Waals surface area (Å²) in [7, 11) is 3.06. The van der Waals surface area contributed by atoms with E-state index in [4.69, 9.17) is 21.1 Å². The fraction of sp³-hybridized carbons (Fsp3) is 0.190. The van der Waals surface area contributed by atoms with E-state index in [0.29, 0.717) is 44.3 Å². The van der Waals surface area contributed by atoms with Gasteiger partial charge in [0.05, 0.1) is 40.7 Å². The van der Waals surface area contributed by atoms with Gasteiger partial charge in [0.2, 0.25) is 5.13 Å². The molecule has 0 spiro atoms. The quantitative estimate of drug-likeness (QED) is 0.446. The van der Waals surface area contributed by atoms with Gasteiger partial charge in [-0.25, -0.2) is 9.98 Å². The standard InChI is InChI=1S/C21H19ClN4O3S/c1-11(23-15-10-16(28-3)13(22)9-17(15)29-4)19-12(2)25-26(20(19)27)21-24-14-7-5-6-8-18(14)30-21/h5-10,25H,1-4H3. The van der Waals surface area contributed by atoms with Gasteiger partial charge in [0.15, 0.2) is 0 Å². The Balaban J connectivity index is 1.81. The van der Waals surface area contributed by atoms with Gasteiger partial charge in [0.25, 0.3) is 5.56 Å². The number of ether oxygens (including phenoxy) is 2. The smallest absolute Gasteiger partial charge is 0.282 e. The highest BCUT2D eigenvalue weighted by Gasteiger charge is 2.18. The van der Waals surface area contributed by atoms with Gasteiger partial charge in [0.1, 0.15) is 17.2 Å². The van der Waals surface area contributed by atoms with Crippen LogP contribution in [-0.2, 0) is 0 Å². The van der Waals surface area contributed by atoms with Crippen molar-refractivity contribution in [3.8, 4) is 16.6 Å². The summed E-state index contributed by atoms with van der Waals surface area (Å²) >= 11 is 7.62. The number of aryl methyl sites for hydroxylation is 1. The molecule has 7 nitrogen and oxygen atoms in total. The molecule has 154 valence electrons. The second-order valence-electron chi connectivity index (χ2n) is 6.57. The summed E-state index contributed by atoms with van der Waals surface area (Å²) in [4.78, 5) is 22.4. The SMILES string of the molecule is COc1cc(N=C(C)c2c(C)[nH]n(-c3nc4ccccc4s3)c2=O)c(OC)cc1Cl. The topological polar surface area (TPSA) is 81.5 Å². The van der Waals surface area contributed by atoms with Gasteiger partial charge in [-0.1, -0.05) is 35.1 Å². The minimum atomic E-state index is -0.215. The second kappa shape index (κ2) is 7.97. The number of methoxy groups -OCH3 is 2. The molecule has 0 aliphatic heterocycles. The Hall–Kier alpha value is -3.10. The minimum absolute atomic E-state index is 0.215. The maximum absolute atomic E-state index is 13.2. The number of H-pyrrole nitrogens is 1. The number of halogens is 1. The number of thiazole rings is 1. The monoisotopic (exact) mass is 442 g/mol. The molecule has 0 radical (unpaired) electrons. The van der Waals surface area contributed by atoms with Gasteiger partial charge >= 0.3 is 0 Å². The van der Waals surface area contributed by atoms with Crippen LogP contribution in [0, 0.1) is 6.92 Å². The van der Waals surface area contributed by atoms with E-state index >= 15 is 0 Å². The third kappa shape index (κ3) is 3.48. The minimum Gasteiger partial charge on any atom is -0.495 e. The van der Waals surface area contributed by atoms with E-state index in [2.05, 4.69) is 15.1 Å². The fourth-order valence-electron chi connectivity index (χ4n) is 3.23. The molecule has 0 aliphatic carbocycles. The number of nitrogens with zero attached hydrogens (tertiary/aromatic N) is 3. The second-order valence-corrected chi connectivity index (χ2v) is 7.99. The predicted octanol–water partition coefficient (Wildman–Crippen LogP) is 4.90. The summed E-state index contributed by atoms with van der Waals surface area (Å²) in [5, 5.41) is 4.11. The molecule has 2 aromatic heterocycles. The molecule has 2 heterocycles. The van der Waals surface area contributed by atoms with Crippen LogP contribution >= 0.6 is 22.9 Å². The molecule has 1 N–H and O–H groups in total. The summed E-state index contributed by atoms with van der Waals surface area (Å²) in [6.45, 7) is 3.61. The van der Waals surface area contributed by atoms with Crippen LogP contribution in [0.25, 0.3) is 15.3 Å². The van der Waals surface area contributed by atoms with Gasteiger partial charge in [-0.3, -0.25) is 9.89 Å². The lowest BCUT2D eigenvalue weighted by Gasteiger charge is -2.09. The Morgan fingerprint density at radius 2 is 1.93 bits per heavy atom. The highest BCUT2D eigenvalue weighted by molar-refractivity contribution is 7.20. The third-order valence-corrected chi connectivity index (χ3v) is 5.97. The van der Waals surface area contributed by atoms with E-state index in [9.17, 15) is 4.79 Å². The maximum Gasteiger partial charge on any atom is 0.282 e. The first-order chi connectivity index (χ1) is 14.4. The lowest BCUT2D eigenvalue weighted by molar-refractivity contribution is 0.404. The van der Waals surface area contributed by atoms with Crippen LogP contribution in [0.4, 0.5) is 5.69 Å². The van der Waals surface area contributed by atoms with Crippen molar-refractivity contribution in [2.75, 3.05) is 14.2 Å². The largest absolute Gasteiger partial charge is 0.495 e. The van der Waals surface area contributed by atoms with Gasteiger partial charge in [0, 0.05) is 17.8 Å². The highest BCUT2D eigenvalue weighted by Crippen LogP contribution is 2.38. The molecule has 0 saturated carbocycles. The van der Waals surface area contributed by atoms with E-state index < -0.39 is 0 Å². The molecule has 0 aliphatic rings. The van der Waals surface area contributed by atoms with E-state index in [1.807, 2.05) is 31.2 Å². The number of rotatable bonds is 5. The lowest BCUT2D eigenvalue weighted by Crippen LogP contribution is -2.19. The van der Waals surface area contributed by atoms with E-state index in [1.54, 1.807) is 19.1 Å². The Morgan fingerprint density at radius 3 is 2.63 bits per heavy atom. The summed E-state index contributed by atoms with van der Waals surface area (Å²) < 4.78 is 13.1. The number of benzene rings is 2. The number of aromatic amines is 1. The zero-order valence-corrected chi connectivity index (χ0v) is 18.4. The molecule has 0 amide bonds. The molecule has 4 rings (SSSR count). The molecule has 0 atom stereocenters. The van der Waals surface area contributed by atoms with Crippen LogP contribution in [0.3, 0.4) is 0 Å². The summed E-state index contributed by atoms with van der Waals surface area (Å²) in [6, 6.07) is 11.1. The number of hydrogen-bond donors (Lipinski definition) is 1. The molecule has 4 aromatic rings. The number of aliphatic imine (C=N–C) groups is 1. The highest BCUT2D eigenvalue weighted by atomic mass is 35.5. The summed E-state index contributed by atoms with van der Waals surface area (Å²) in [5.41, 5.74) is 2.86. The Labute approximate surface area is 181 Å². The zero-order chi connectivity index (χ0) is 21.4. The molecule has 0 bridgehead atoms. The van der Waals surface area contributed by atoms with Gasteiger partial charge in [-0.05, 0) is 26.0 Å². The van der Waals surface area contributed by atoms with Crippen molar-refractivity contribution in [2.45, 2.75) is 13.8 Å². The number of aromatic nitrogens is 3. The summed E-state index contributed by atoms with van der Waals surface area (Å²) in [6.07, 6.45) is 0. The third-order valence-electron chi connectivity index (χ3n) is 4.65. The van der Waals surface area contributed by atoms with Crippen LogP contribution in [0.5, 0.6) is 11.5 Å². The fourth-order valence-corrected chi connectivity index (χ4v) is 4.39. The number of fused-ring (bicyclic) bond motifs is 1. The molecular formula is C21H19ClN4O3S. The van der Waals surface area contributed by atoms with Crippen LogP contribution in [0.15, 0.2) is 46.2 Å². The van der Waals surface area contributed by atoms with Crippen molar-refractivity contribution < 1.29 is 9.47 Å². The normalized spacial score (nSPS) is 11.8. The van der Waals surface area contributed by atoms with Crippen LogP contribution in [0.1, 0.15) is 18.2 Å². The first kappa shape index (κ1) is 20.2. The van der Waals surface area contributed by atoms with Crippen molar-refractivity contribution in [1.29, 1.82) is 0 Å². The first-order valence-electron chi connectivity index (χ1n) is 9.07. The molecule has 2 aromatic carbocycles. The molecule has 0 fully saturated rings. The number of hydrogen-bond acceptors (Lipinski definition) is 6. The van der Waals surface area contributed by atoms with Gasteiger partial charge in [-0.2, -0.15) is 4.68 Å². The van der Waals surface area contributed by atoms with Gasteiger partial charge < -0.3 is 9.47 Å². The molecular weight excluding hydrogens is 424 g/mol. The first-order valence-corrected chi connectivity index (χ1v) is 10.3. The number of nitrogens with one attached hydrogen (secondary N) is 1. The van der Waals surface area contributed by atoms with E-state index in [-0.39, 0.29) is 5.56 Å². The van der Waals surface area contributed by atoms with Crippen LogP contribution < -0.4 is 15.0 Å². The number of para-hydroxylation sites is 1. The molecule has 0 saturated heterocycles. The zero-order valence-electron chi connectivity index (χ0n) is 16.8. The maximum atomic E-state index is 13.2. The van der Waals surface area contributed by atoms with E-state index in [1.165, 1.54) is 30.2 Å². The van der Waals surface area contributed by atoms with Crippen molar-refractivity contribution in [3.05, 3.63) is 63.0 Å². The van der Waals surface area contributed by atoms with Crippen LogP contribution in [-0.4, -0.2) is 34.7 Å². The Kier molecular flexibility index (Phi) is 5.36. The average Bonchev–Trinajstić information content (AvgIpc) is 3.29. The lowest BCUT2D eigenvalue weighted by atomic mass is 10.1. The molecule has 0 unspecified atom stereocenters. The summed E-state index contributed by atoms with van der Waals surface area (Å²) in [5.74, 6) is 0.960. The molecule has 9 heteroatoms. The van der Waals surface area contributed by atoms with Crippen molar-refractivity contribution in [3.63, 3.8) is 0 Å². The molecule has 30 heavy (non-hydrogen) atoms. The Morgan fingerprint density at radius 1 is 1.20 bits per heavy atom. The van der Waals surface area contributed by atoms with Crippen LogP contribution in [0.2, 0.25) is 5.02 Å². The van der Waals surface area contributed by atoms with Crippen molar-refractivity contribution >= 4 is 44.6 Å². The van der Waals surface area contributed by atoms with Crippen molar-refractivity contribution in [2.24, 2.45) is 4.99 Å². The Bertz CT molecular complexity index is 1300.